The lowest BCUT2D eigenvalue weighted by Crippen LogP contribution is -2.68. The molecule has 0 spiro atoms. The average Bonchev–Trinajstić information content (AvgIpc) is 3.60. The Morgan fingerprint density at radius 3 is 2.18 bits per heavy atom. The number of carbonyl (C=O) groups is 2. The number of piperazine rings is 2. The molecule has 3 heterocycles. The maximum absolute atomic E-state index is 13.7. The maximum Gasteiger partial charge on any atom is 0.453 e. The van der Waals surface area contributed by atoms with Crippen LogP contribution >= 0.6 is 0 Å². The number of halogens is 3. The highest BCUT2D eigenvalue weighted by atomic mass is 19.4. The van der Waals surface area contributed by atoms with E-state index in [1.165, 1.54) is 20.1 Å². The van der Waals surface area contributed by atoms with E-state index in [2.05, 4.69) is 49.6 Å². The largest absolute Gasteiger partial charge is 0.496 e. The fourth-order valence-electron chi connectivity index (χ4n) is 7.36. The number of alkyl halides is 3. The summed E-state index contributed by atoms with van der Waals surface area (Å²) in [6.45, 7) is 7.53. The number of fused-ring (bicyclic) bond motifs is 1. The van der Waals surface area contributed by atoms with Crippen molar-refractivity contribution in [1.29, 1.82) is 0 Å². The first kappa shape index (κ1) is 35.0. The molecule has 2 atom stereocenters. The van der Waals surface area contributed by atoms with Gasteiger partial charge in [0, 0.05) is 69.8 Å². The van der Waals surface area contributed by atoms with Gasteiger partial charge in [-0.3, -0.25) is 19.4 Å². The molecule has 0 aliphatic carbocycles. The van der Waals surface area contributed by atoms with Crippen molar-refractivity contribution in [3.8, 4) is 11.4 Å². The van der Waals surface area contributed by atoms with E-state index in [9.17, 15) is 22.8 Å². The van der Waals surface area contributed by atoms with Crippen LogP contribution in [0.5, 0.6) is 5.75 Å². The number of ether oxygens (including phenoxy) is 2. The number of rotatable bonds is 9. The number of nitrogens with zero attached hydrogens (tertiary/aromatic N) is 7. The molecule has 2 fully saturated rings. The second kappa shape index (κ2) is 14.2. The first-order valence-corrected chi connectivity index (χ1v) is 16.5. The van der Waals surface area contributed by atoms with E-state index in [0.29, 0.717) is 55.3 Å². The minimum absolute atomic E-state index is 0.0220. The summed E-state index contributed by atoms with van der Waals surface area (Å²) in [6.07, 6.45) is -4.74. The number of amides is 1. The SMILES string of the molecule is COc1ccc(-n2nnnc2C(F)(F)F)cc1CN1C[C@@H]2CN(C(=O)C(C)(C)OC(C)=O)CCN2[C@H](C(c2ccccc2)c2ccccc2)C1. The molecular formula is C36H40F3N7O4. The molecule has 4 aromatic rings. The van der Waals surface area contributed by atoms with Crippen molar-refractivity contribution >= 4 is 11.9 Å². The van der Waals surface area contributed by atoms with Crippen LogP contribution in [0.25, 0.3) is 5.69 Å². The van der Waals surface area contributed by atoms with Crippen LogP contribution in [-0.2, 0) is 27.0 Å². The van der Waals surface area contributed by atoms with Crippen LogP contribution in [0.3, 0.4) is 0 Å². The van der Waals surface area contributed by atoms with Crippen LogP contribution in [-0.4, -0.2) is 104 Å². The molecule has 1 amide bonds. The quantitative estimate of drug-likeness (QED) is 0.234. The third kappa shape index (κ3) is 7.36. The molecule has 11 nitrogen and oxygen atoms in total. The number of aromatic nitrogens is 4. The van der Waals surface area contributed by atoms with Crippen molar-refractivity contribution in [3.63, 3.8) is 0 Å². The smallest absolute Gasteiger partial charge is 0.453 e. The second-order valence-electron chi connectivity index (χ2n) is 13.2. The zero-order valence-electron chi connectivity index (χ0n) is 28.4. The van der Waals surface area contributed by atoms with Crippen LogP contribution < -0.4 is 4.74 Å². The van der Waals surface area contributed by atoms with Gasteiger partial charge >= 0.3 is 12.1 Å². The summed E-state index contributed by atoms with van der Waals surface area (Å²) in [5.41, 5.74) is 1.80. The molecule has 0 saturated carbocycles. The predicted molar refractivity (Wildman–Crippen MR) is 177 cm³/mol. The van der Waals surface area contributed by atoms with Crippen LogP contribution in [0.2, 0.25) is 0 Å². The van der Waals surface area contributed by atoms with Gasteiger partial charge in [0.15, 0.2) is 5.60 Å². The Bertz CT molecular complexity index is 1760. The van der Waals surface area contributed by atoms with Crippen LogP contribution in [0.4, 0.5) is 13.2 Å². The summed E-state index contributed by atoms with van der Waals surface area (Å²) in [5.74, 6) is -1.52. The number of methoxy groups -OCH3 is 1. The summed E-state index contributed by atoms with van der Waals surface area (Å²) < 4.78 is 52.9. The van der Waals surface area contributed by atoms with Crippen molar-refractivity contribution in [2.45, 2.75) is 57.1 Å². The minimum Gasteiger partial charge on any atom is -0.496 e. The molecule has 0 unspecified atom stereocenters. The summed E-state index contributed by atoms with van der Waals surface area (Å²) in [7, 11) is 1.52. The van der Waals surface area contributed by atoms with Gasteiger partial charge in [0.25, 0.3) is 11.7 Å². The van der Waals surface area contributed by atoms with Crippen LogP contribution in [0.1, 0.15) is 49.2 Å². The van der Waals surface area contributed by atoms with Gasteiger partial charge < -0.3 is 14.4 Å². The monoisotopic (exact) mass is 691 g/mol. The van der Waals surface area contributed by atoms with E-state index in [4.69, 9.17) is 9.47 Å². The number of benzene rings is 3. The first-order chi connectivity index (χ1) is 23.9. The summed E-state index contributed by atoms with van der Waals surface area (Å²) in [5, 5.41) is 10.1. The van der Waals surface area contributed by atoms with Gasteiger partial charge in [-0.2, -0.15) is 17.9 Å². The van der Waals surface area contributed by atoms with E-state index in [1.54, 1.807) is 30.9 Å². The summed E-state index contributed by atoms with van der Waals surface area (Å²) >= 11 is 0. The van der Waals surface area contributed by atoms with E-state index in [-0.39, 0.29) is 29.6 Å². The molecule has 0 bridgehead atoms. The maximum atomic E-state index is 13.7. The zero-order valence-corrected chi connectivity index (χ0v) is 28.4. The highest BCUT2D eigenvalue weighted by Crippen LogP contribution is 2.37. The van der Waals surface area contributed by atoms with E-state index in [1.807, 2.05) is 36.4 Å². The van der Waals surface area contributed by atoms with Gasteiger partial charge in [0.1, 0.15) is 5.75 Å². The molecule has 6 rings (SSSR count). The molecule has 2 aliphatic heterocycles. The molecule has 1 aromatic heterocycles. The van der Waals surface area contributed by atoms with Gasteiger partial charge in [0.2, 0.25) is 0 Å². The normalized spacial score (nSPS) is 18.9. The van der Waals surface area contributed by atoms with Crippen molar-refractivity contribution in [3.05, 3.63) is 101 Å². The van der Waals surface area contributed by atoms with Gasteiger partial charge in [-0.05, 0) is 53.6 Å². The second-order valence-corrected chi connectivity index (χ2v) is 13.2. The number of carbonyl (C=O) groups excluding carboxylic acids is 2. The fourth-order valence-corrected chi connectivity index (χ4v) is 7.36. The lowest BCUT2D eigenvalue weighted by Gasteiger charge is -2.54. The minimum atomic E-state index is -4.74. The molecule has 264 valence electrons. The third-order valence-corrected chi connectivity index (χ3v) is 9.40. The Kier molecular flexibility index (Phi) is 9.94. The van der Waals surface area contributed by atoms with Crippen molar-refractivity contribution in [1.82, 2.24) is 34.9 Å². The lowest BCUT2D eigenvalue weighted by molar-refractivity contribution is -0.171. The molecular weight excluding hydrogens is 651 g/mol. The molecule has 50 heavy (non-hydrogen) atoms. The van der Waals surface area contributed by atoms with Crippen LogP contribution in [0, 0.1) is 0 Å². The van der Waals surface area contributed by atoms with Crippen molar-refractivity contribution < 1.29 is 32.2 Å². The highest BCUT2D eigenvalue weighted by molar-refractivity contribution is 5.87. The topological polar surface area (TPSA) is 106 Å². The number of hydrogen-bond donors (Lipinski definition) is 0. The molecule has 14 heteroatoms. The summed E-state index contributed by atoms with van der Waals surface area (Å²) in [4.78, 5) is 32.0. The van der Waals surface area contributed by atoms with E-state index >= 15 is 0 Å². The molecule has 0 radical (unpaired) electrons. The van der Waals surface area contributed by atoms with E-state index in [0.717, 1.165) is 11.1 Å². The molecule has 3 aromatic carbocycles. The molecule has 0 N–H and O–H groups in total. The number of hydrogen-bond acceptors (Lipinski definition) is 9. The molecule has 2 saturated heterocycles. The Morgan fingerprint density at radius 1 is 0.920 bits per heavy atom. The standard InChI is InChI=1S/C36H40F3N7O4/c1-24(47)50-35(2,3)34(48)44-17-18-45-29(22-44)21-43(23-30(45)32(25-11-7-5-8-12-25)26-13-9-6-10-14-26)20-27-19-28(15-16-31(27)49-4)46-33(36(37,38)39)40-41-42-46/h5-16,19,29-30,32H,17-18,20-23H2,1-4H3/t29-,30+/m1/s1. The van der Waals surface area contributed by atoms with Crippen molar-refractivity contribution in [2.75, 3.05) is 39.8 Å². The Balaban J connectivity index is 1.37. The fraction of sp³-hybridized carbons (Fsp3) is 0.417. The Morgan fingerprint density at radius 2 is 1.58 bits per heavy atom. The molecule has 2 aliphatic rings. The van der Waals surface area contributed by atoms with Gasteiger partial charge in [0.05, 0.1) is 12.8 Å². The predicted octanol–water partition coefficient (Wildman–Crippen LogP) is 4.56. The zero-order chi connectivity index (χ0) is 35.6. The highest BCUT2D eigenvalue weighted by Gasteiger charge is 2.45. The van der Waals surface area contributed by atoms with Crippen molar-refractivity contribution in [2.24, 2.45) is 0 Å². The third-order valence-electron chi connectivity index (χ3n) is 9.40. The van der Waals surface area contributed by atoms with E-state index < -0.39 is 23.6 Å². The number of esters is 1. The van der Waals surface area contributed by atoms with Gasteiger partial charge in [-0.1, -0.05) is 60.7 Å². The lowest BCUT2D eigenvalue weighted by atomic mass is 9.81. The Labute approximate surface area is 288 Å². The summed E-state index contributed by atoms with van der Waals surface area (Å²) in [6, 6.07) is 25.2. The number of tetrazole rings is 1. The van der Waals surface area contributed by atoms with Gasteiger partial charge in [-0.25, -0.2) is 0 Å². The first-order valence-electron chi connectivity index (χ1n) is 16.5. The average molecular weight is 692 g/mol. The van der Waals surface area contributed by atoms with Crippen LogP contribution in [0.15, 0.2) is 78.9 Å². The van der Waals surface area contributed by atoms with Gasteiger partial charge in [-0.15, -0.1) is 5.10 Å². The Hall–Kier alpha value is -4.82.